The second-order valence-corrected chi connectivity index (χ2v) is 8.34. The molecule has 0 aromatic heterocycles. The van der Waals surface area contributed by atoms with Crippen molar-refractivity contribution < 1.29 is 0 Å². The third kappa shape index (κ3) is 3.38. The van der Waals surface area contributed by atoms with Crippen molar-refractivity contribution in [2.45, 2.75) is 23.5 Å². The van der Waals surface area contributed by atoms with Gasteiger partial charge in [-0.05, 0) is 32.2 Å². The first kappa shape index (κ1) is 15.0. The first-order valence-electron chi connectivity index (χ1n) is 6.30. The van der Waals surface area contributed by atoms with E-state index in [4.69, 9.17) is 18.0 Å². The molecule has 0 amide bonds. The average Bonchev–Trinajstić information content (AvgIpc) is 2.36. The lowest BCUT2D eigenvalue weighted by molar-refractivity contribution is 0.647. The van der Waals surface area contributed by atoms with Crippen LogP contribution in [0.1, 0.15) is 19.4 Å². The maximum atomic E-state index is 5.95. The summed E-state index contributed by atoms with van der Waals surface area (Å²) in [6.45, 7) is 6.68. The van der Waals surface area contributed by atoms with Crippen LogP contribution < -0.4 is 10.6 Å². The summed E-state index contributed by atoms with van der Waals surface area (Å²) in [5.41, 5.74) is 8.17. The largest absolute Gasteiger partial charge is 0.389 e. The van der Waals surface area contributed by atoms with Crippen molar-refractivity contribution in [2.75, 3.05) is 30.0 Å². The molecule has 1 fully saturated rings. The number of hydrogen-bond donors (Lipinski definition) is 1. The van der Waals surface area contributed by atoms with Gasteiger partial charge in [0.1, 0.15) is 4.99 Å². The van der Waals surface area contributed by atoms with Gasteiger partial charge in [0.05, 0.1) is 0 Å². The molecule has 1 heterocycles. The van der Waals surface area contributed by atoms with E-state index in [9.17, 15) is 0 Å². The summed E-state index contributed by atoms with van der Waals surface area (Å²) < 4.78 is 0.279. The van der Waals surface area contributed by atoms with Crippen LogP contribution in [0.2, 0.25) is 0 Å². The Morgan fingerprint density at radius 1 is 1.47 bits per heavy atom. The van der Waals surface area contributed by atoms with Crippen LogP contribution in [0.3, 0.4) is 0 Å². The SMILES string of the molecule is CSc1cccc(N2CCSC(C)(C)C2)c1C(N)=S. The van der Waals surface area contributed by atoms with E-state index in [2.05, 4.69) is 43.2 Å². The zero-order valence-corrected chi connectivity index (χ0v) is 14.1. The lowest BCUT2D eigenvalue weighted by atomic mass is 10.1. The third-order valence-electron chi connectivity index (χ3n) is 3.24. The number of thiocarbonyl (C=S) groups is 1. The highest BCUT2D eigenvalue weighted by Gasteiger charge is 2.28. The predicted octanol–water partition coefficient (Wildman–Crippen LogP) is 3.37. The van der Waals surface area contributed by atoms with Gasteiger partial charge < -0.3 is 10.6 Å². The molecule has 1 aliphatic heterocycles. The van der Waals surface area contributed by atoms with Crippen molar-refractivity contribution in [1.82, 2.24) is 0 Å². The van der Waals surface area contributed by atoms with Crippen molar-refractivity contribution >= 4 is 46.4 Å². The smallest absolute Gasteiger partial charge is 0.107 e. The van der Waals surface area contributed by atoms with Crippen molar-refractivity contribution in [3.8, 4) is 0 Å². The summed E-state index contributed by atoms with van der Waals surface area (Å²) in [5, 5.41) is 0. The molecule has 1 aliphatic rings. The second-order valence-electron chi connectivity index (χ2n) is 5.25. The molecule has 0 spiro atoms. The van der Waals surface area contributed by atoms with E-state index in [1.54, 1.807) is 11.8 Å². The van der Waals surface area contributed by atoms with E-state index in [0.29, 0.717) is 4.99 Å². The second kappa shape index (κ2) is 5.94. The van der Waals surface area contributed by atoms with Gasteiger partial charge in [-0.3, -0.25) is 0 Å². The average molecular weight is 313 g/mol. The van der Waals surface area contributed by atoms with Crippen molar-refractivity contribution in [2.24, 2.45) is 5.73 Å². The molecule has 0 saturated carbocycles. The number of thioether (sulfide) groups is 2. The highest BCUT2D eigenvalue weighted by Crippen LogP contribution is 2.36. The summed E-state index contributed by atoms with van der Waals surface area (Å²) in [6, 6.07) is 6.32. The fourth-order valence-corrected chi connectivity index (χ4v) is 4.45. The summed E-state index contributed by atoms with van der Waals surface area (Å²) in [5.74, 6) is 1.15. The maximum absolute atomic E-state index is 5.95. The van der Waals surface area contributed by atoms with E-state index in [0.717, 1.165) is 24.4 Å². The summed E-state index contributed by atoms with van der Waals surface area (Å²) in [4.78, 5) is 4.09. The van der Waals surface area contributed by atoms with Gasteiger partial charge in [-0.25, -0.2) is 0 Å². The molecule has 0 radical (unpaired) electrons. The van der Waals surface area contributed by atoms with E-state index < -0.39 is 0 Å². The van der Waals surface area contributed by atoms with Crippen LogP contribution in [-0.4, -0.2) is 34.8 Å². The minimum atomic E-state index is 0.279. The van der Waals surface area contributed by atoms with Crippen LogP contribution in [0, 0.1) is 0 Å². The van der Waals surface area contributed by atoms with Crippen molar-refractivity contribution in [3.63, 3.8) is 0 Å². The molecule has 0 aliphatic carbocycles. The van der Waals surface area contributed by atoms with E-state index in [1.807, 2.05) is 11.8 Å². The molecule has 5 heteroatoms. The molecule has 2 nitrogen and oxygen atoms in total. The molecule has 2 rings (SSSR count). The molecule has 0 atom stereocenters. The van der Waals surface area contributed by atoms with Gasteiger partial charge in [0, 0.05) is 39.7 Å². The Hall–Kier alpha value is -0.390. The van der Waals surface area contributed by atoms with E-state index >= 15 is 0 Å². The Morgan fingerprint density at radius 3 is 2.79 bits per heavy atom. The molecule has 0 bridgehead atoms. The number of rotatable bonds is 3. The van der Waals surface area contributed by atoms with Gasteiger partial charge >= 0.3 is 0 Å². The van der Waals surface area contributed by atoms with Gasteiger partial charge in [-0.15, -0.1) is 11.8 Å². The van der Waals surface area contributed by atoms with Crippen molar-refractivity contribution in [3.05, 3.63) is 23.8 Å². The third-order valence-corrected chi connectivity index (χ3v) is 5.52. The fourth-order valence-electron chi connectivity index (χ4n) is 2.42. The highest BCUT2D eigenvalue weighted by atomic mass is 32.2. The van der Waals surface area contributed by atoms with Gasteiger partial charge in [0.2, 0.25) is 0 Å². The lowest BCUT2D eigenvalue weighted by Crippen LogP contribution is -2.43. The normalized spacial score (nSPS) is 18.4. The topological polar surface area (TPSA) is 29.3 Å². The van der Waals surface area contributed by atoms with E-state index in [1.165, 1.54) is 10.6 Å². The Morgan fingerprint density at radius 2 is 2.21 bits per heavy atom. The van der Waals surface area contributed by atoms with Crippen molar-refractivity contribution in [1.29, 1.82) is 0 Å². The summed E-state index contributed by atoms with van der Waals surface area (Å²) >= 11 is 9.00. The number of benzene rings is 1. The zero-order chi connectivity index (χ0) is 14.0. The molecule has 19 heavy (non-hydrogen) atoms. The zero-order valence-electron chi connectivity index (χ0n) is 11.6. The lowest BCUT2D eigenvalue weighted by Gasteiger charge is -2.39. The maximum Gasteiger partial charge on any atom is 0.107 e. The molecule has 0 unspecified atom stereocenters. The monoisotopic (exact) mass is 312 g/mol. The highest BCUT2D eigenvalue weighted by molar-refractivity contribution is 8.00. The Balaban J connectivity index is 2.41. The van der Waals surface area contributed by atoms with Crippen LogP contribution in [0.25, 0.3) is 0 Å². The van der Waals surface area contributed by atoms with Crippen LogP contribution in [-0.2, 0) is 0 Å². The molecular formula is C14H20N2S3. The Bertz CT molecular complexity index is 486. The van der Waals surface area contributed by atoms with Crippen LogP contribution >= 0.6 is 35.7 Å². The van der Waals surface area contributed by atoms with Crippen LogP contribution in [0.4, 0.5) is 5.69 Å². The molecular weight excluding hydrogens is 292 g/mol. The Labute approximate surface area is 129 Å². The van der Waals surface area contributed by atoms with Gasteiger partial charge in [0.15, 0.2) is 0 Å². The minimum Gasteiger partial charge on any atom is -0.389 e. The van der Waals surface area contributed by atoms with Gasteiger partial charge in [-0.2, -0.15) is 11.8 Å². The van der Waals surface area contributed by atoms with Crippen LogP contribution in [0.5, 0.6) is 0 Å². The summed E-state index contributed by atoms with van der Waals surface area (Å²) in [6.07, 6.45) is 2.07. The number of nitrogens with zero attached hydrogens (tertiary/aromatic N) is 1. The molecule has 1 saturated heterocycles. The number of nitrogens with two attached hydrogens (primary N) is 1. The minimum absolute atomic E-state index is 0.279. The van der Waals surface area contributed by atoms with Gasteiger partial charge in [0.25, 0.3) is 0 Å². The quantitative estimate of drug-likeness (QED) is 0.683. The molecule has 104 valence electrons. The number of anilines is 1. The molecule has 2 N–H and O–H groups in total. The fraction of sp³-hybridized carbons (Fsp3) is 0.500. The standard InChI is InChI=1S/C14H20N2S3/c1-14(2)9-16(7-8-19-14)10-5-4-6-11(18-3)12(10)13(15)17/h4-6H,7-9H2,1-3H3,(H2,15,17). The Kier molecular flexibility index (Phi) is 4.69. The first-order chi connectivity index (χ1) is 8.94. The molecule has 1 aromatic carbocycles. The van der Waals surface area contributed by atoms with Gasteiger partial charge in [-0.1, -0.05) is 18.3 Å². The molecule has 1 aromatic rings. The number of hydrogen-bond acceptors (Lipinski definition) is 4. The predicted molar refractivity (Wildman–Crippen MR) is 92.9 cm³/mol. The van der Waals surface area contributed by atoms with E-state index in [-0.39, 0.29) is 4.75 Å². The van der Waals surface area contributed by atoms with Crippen LogP contribution in [0.15, 0.2) is 23.1 Å². The first-order valence-corrected chi connectivity index (χ1v) is 8.92. The summed E-state index contributed by atoms with van der Waals surface area (Å²) in [7, 11) is 0.